The Morgan fingerprint density at radius 3 is 2.60 bits per heavy atom. The van der Waals surface area contributed by atoms with Gasteiger partial charge in [0.05, 0.1) is 4.34 Å². The Hall–Kier alpha value is -1.78. The number of anilines is 1. The topological polar surface area (TPSA) is 41.1 Å². The van der Waals surface area contributed by atoms with Crippen LogP contribution in [0.5, 0.6) is 0 Å². The van der Waals surface area contributed by atoms with Gasteiger partial charge in [0.1, 0.15) is 0 Å². The number of benzene rings is 1. The van der Waals surface area contributed by atoms with Gasteiger partial charge in [-0.2, -0.15) is 0 Å². The van der Waals surface area contributed by atoms with E-state index in [-0.39, 0.29) is 5.91 Å². The van der Waals surface area contributed by atoms with Crippen LogP contribution in [0.25, 0.3) is 0 Å². The molecule has 1 heterocycles. The molecule has 2 N–H and O–H groups in total. The van der Waals surface area contributed by atoms with Crippen LogP contribution in [0.4, 0.5) is 5.69 Å². The number of hydrogen-bond acceptors (Lipinski definition) is 3. The Balaban J connectivity index is 1.91. The minimum Gasteiger partial charge on any atom is -0.380 e. The van der Waals surface area contributed by atoms with E-state index in [9.17, 15) is 4.79 Å². The first-order chi connectivity index (χ1) is 9.69. The minimum absolute atomic E-state index is 0.0958. The number of carbonyl (C=O) groups is 1. The Bertz CT molecular complexity index is 592. The van der Waals surface area contributed by atoms with Crippen molar-refractivity contribution in [2.24, 2.45) is 0 Å². The summed E-state index contributed by atoms with van der Waals surface area (Å²) in [7, 11) is 0. The van der Waals surface area contributed by atoms with Gasteiger partial charge in [-0.3, -0.25) is 4.79 Å². The van der Waals surface area contributed by atoms with Crippen LogP contribution in [0.1, 0.15) is 15.2 Å². The van der Waals surface area contributed by atoms with Crippen molar-refractivity contribution < 1.29 is 4.79 Å². The third-order valence-corrected chi connectivity index (χ3v) is 3.88. The molecule has 1 aromatic heterocycles. The van der Waals surface area contributed by atoms with Gasteiger partial charge in [0.25, 0.3) is 5.91 Å². The summed E-state index contributed by atoms with van der Waals surface area (Å²) in [5.74, 6) is -0.0958. The van der Waals surface area contributed by atoms with E-state index in [1.807, 2.05) is 24.3 Å². The summed E-state index contributed by atoms with van der Waals surface area (Å²) in [6.45, 7) is 4.75. The fourth-order valence-corrected chi connectivity index (χ4v) is 2.67. The smallest absolute Gasteiger partial charge is 0.251 e. The fraction of sp³-hybridized carbons (Fsp3) is 0.133. The lowest BCUT2D eigenvalue weighted by molar-refractivity contribution is 0.0958. The number of hydrogen-bond donors (Lipinski definition) is 2. The molecule has 2 rings (SSSR count). The highest BCUT2D eigenvalue weighted by Crippen LogP contribution is 2.22. The second-order valence-corrected chi connectivity index (χ2v) is 5.94. The molecule has 0 unspecified atom stereocenters. The highest BCUT2D eigenvalue weighted by Gasteiger charge is 2.04. The molecule has 3 nitrogen and oxygen atoms in total. The quantitative estimate of drug-likeness (QED) is 0.794. The number of rotatable bonds is 6. The lowest BCUT2D eigenvalue weighted by Crippen LogP contribution is -2.23. The summed E-state index contributed by atoms with van der Waals surface area (Å²) in [6, 6.07) is 11.2. The van der Waals surface area contributed by atoms with E-state index < -0.39 is 0 Å². The van der Waals surface area contributed by atoms with Crippen molar-refractivity contribution >= 4 is 34.5 Å². The molecule has 0 aliphatic heterocycles. The Labute approximate surface area is 127 Å². The molecule has 0 fully saturated rings. The van der Waals surface area contributed by atoms with Crippen molar-refractivity contribution in [2.45, 2.75) is 6.54 Å². The molecule has 1 amide bonds. The Morgan fingerprint density at radius 2 is 2.00 bits per heavy atom. The molecule has 1 aromatic carbocycles. The van der Waals surface area contributed by atoms with Crippen LogP contribution in [0.3, 0.4) is 0 Å². The maximum Gasteiger partial charge on any atom is 0.251 e. The monoisotopic (exact) mass is 306 g/mol. The van der Waals surface area contributed by atoms with E-state index >= 15 is 0 Å². The van der Waals surface area contributed by atoms with Gasteiger partial charge in [0.2, 0.25) is 0 Å². The molecule has 0 aliphatic rings. The van der Waals surface area contributed by atoms with Crippen molar-refractivity contribution in [3.63, 3.8) is 0 Å². The van der Waals surface area contributed by atoms with Crippen LogP contribution in [-0.4, -0.2) is 12.5 Å². The summed E-state index contributed by atoms with van der Waals surface area (Å²) in [5, 5.41) is 6.03. The van der Waals surface area contributed by atoms with Crippen LogP contribution in [0, 0.1) is 0 Å². The highest BCUT2D eigenvalue weighted by molar-refractivity contribution is 7.16. The Morgan fingerprint density at radius 1 is 1.25 bits per heavy atom. The fourth-order valence-electron chi connectivity index (χ4n) is 1.64. The maximum atomic E-state index is 11.7. The van der Waals surface area contributed by atoms with Gasteiger partial charge < -0.3 is 10.6 Å². The number of amides is 1. The first-order valence-corrected chi connectivity index (χ1v) is 7.36. The molecule has 0 saturated heterocycles. The van der Waals surface area contributed by atoms with Gasteiger partial charge in [-0.1, -0.05) is 17.7 Å². The van der Waals surface area contributed by atoms with Crippen molar-refractivity contribution in [2.75, 3.05) is 11.9 Å². The molecule has 5 heteroatoms. The highest BCUT2D eigenvalue weighted by atomic mass is 35.5. The van der Waals surface area contributed by atoms with Crippen LogP contribution in [0.2, 0.25) is 4.34 Å². The third-order valence-electron chi connectivity index (χ3n) is 2.65. The van der Waals surface area contributed by atoms with Gasteiger partial charge >= 0.3 is 0 Å². The molecule has 0 aliphatic carbocycles. The molecule has 104 valence electrons. The van der Waals surface area contributed by atoms with E-state index in [4.69, 9.17) is 11.6 Å². The second kappa shape index (κ2) is 7.12. The standard InChI is InChI=1S/C15H15ClN2OS/c1-2-9-17-15(19)11-3-5-12(6-4-11)18-10-13-7-8-14(16)20-13/h2-8,18H,1,9-10H2,(H,17,19). The van der Waals surface area contributed by atoms with Crippen LogP contribution >= 0.6 is 22.9 Å². The van der Waals surface area contributed by atoms with Gasteiger partial charge in [-0.05, 0) is 36.4 Å². The largest absolute Gasteiger partial charge is 0.380 e. The van der Waals surface area contributed by atoms with Crippen molar-refractivity contribution in [1.29, 1.82) is 0 Å². The average Bonchev–Trinajstić information content (AvgIpc) is 2.89. The first kappa shape index (κ1) is 14.6. The first-order valence-electron chi connectivity index (χ1n) is 6.16. The van der Waals surface area contributed by atoms with Gasteiger partial charge in [-0.15, -0.1) is 17.9 Å². The van der Waals surface area contributed by atoms with Gasteiger partial charge in [0, 0.05) is 29.2 Å². The zero-order valence-corrected chi connectivity index (χ0v) is 12.4. The van der Waals surface area contributed by atoms with E-state index in [0.717, 1.165) is 16.6 Å². The lowest BCUT2D eigenvalue weighted by atomic mass is 10.2. The molecule has 0 saturated carbocycles. The van der Waals surface area contributed by atoms with Crippen LogP contribution < -0.4 is 10.6 Å². The molecular weight excluding hydrogens is 292 g/mol. The number of carbonyl (C=O) groups excluding carboxylic acids is 1. The molecule has 2 aromatic rings. The van der Waals surface area contributed by atoms with E-state index in [2.05, 4.69) is 17.2 Å². The summed E-state index contributed by atoms with van der Waals surface area (Å²) >= 11 is 7.43. The van der Waals surface area contributed by atoms with Crippen molar-refractivity contribution in [1.82, 2.24) is 5.32 Å². The maximum absolute atomic E-state index is 11.7. The zero-order chi connectivity index (χ0) is 14.4. The predicted octanol–water partition coefficient (Wildman–Crippen LogP) is 3.93. The van der Waals surface area contributed by atoms with E-state index in [0.29, 0.717) is 12.1 Å². The van der Waals surface area contributed by atoms with Crippen LogP contribution in [0.15, 0.2) is 49.1 Å². The lowest BCUT2D eigenvalue weighted by Gasteiger charge is -2.06. The number of halogens is 1. The molecule has 0 radical (unpaired) electrons. The van der Waals surface area contributed by atoms with E-state index in [1.54, 1.807) is 29.5 Å². The van der Waals surface area contributed by atoms with Gasteiger partial charge in [-0.25, -0.2) is 0 Å². The summed E-state index contributed by atoms with van der Waals surface area (Å²) < 4.78 is 0.788. The second-order valence-electron chi connectivity index (χ2n) is 4.14. The molecular formula is C15H15ClN2OS. The normalized spacial score (nSPS) is 10.1. The predicted molar refractivity (Wildman–Crippen MR) is 85.6 cm³/mol. The molecule has 0 atom stereocenters. The molecule has 0 spiro atoms. The summed E-state index contributed by atoms with van der Waals surface area (Å²) in [5.41, 5.74) is 1.60. The van der Waals surface area contributed by atoms with Crippen LogP contribution in [-0.2, 0) is 6.54 Å². The summed E-state index contributed by atoms with van der Waals surface area (Å²) in [6.07, 6.45) is 1.65. The SMILES string of the molecule is C=CCNC(=O)c1ccc(NCc2ccc(Cl)s2)cc1. The molecule has 20 heavy (non-hydrogen) atoms. The zero-order valence-electron chi connectivity index (χ0n) is 10.9. The van der Waals surface area contributed by atoms with Crippen molar-refractivity contribution in [3.05, 3.63) is 63.8 Å². The van der Waals surface area contributed by atoms with Crippen molar-refractivity contribution in [3.8, 4) is 0 Å². The van der Waals surface area contributed by atoms with Gasteiger partial charge in [0.15, 0.2) is 0 Å². The number of nitrogens with one attached hydrogen (secondary N) is 2. The minimum atomic E-state index is -0.0958. The van der Waals surface area contributed by atoms with E-state index in [1.165, 1.54) is 4.88 Å². The summed E-state index contributed by atoms with van der Waals surface area (Å²) in [4.78, 5) is 12.9. The molecule has 0 bridgehead atoms. The third kappa shape index (κ3) is 4.11. The average molecular weight is 307 g/mol. The number of thiophene rings is 1. The Kier molecular flexibility index (Phi) is 5.21.